The molecule has 0 spiro atoms. The van der Waals surface area contributed by atoms with Crippen LogP contribution in [0.25, 0.3) is 0 Å². The van der Waals surface area contributed by atoms with Crippen LogP contribution in [0.4, 0.5) is 0 Å². The maximum Gasteiger partial charge on any atom is 0.333 e. The molecule has 8 heteroatoms. The van der Waals surface area contributed by atoms with Crippen LogP contribution in [0.2, 0.25) is 0 Å². The largest absolute Gasteiger partial charge is 0.481 e. The predicted molar refractivity (Wildman–Crippen MR) is 67.1 cm³/mol. The van der Waals surface area contributed by atoms with Gasteiger partial charge in [0.1, 0.15) is 0 Å². The number of allylic oxidation sites excluding steroid dienone is 1. The fourth-order valence-corrected chi connectivity index (χ4v) is 0.863. The number of aliphatic carboxylic acids is 3. The van der Waals surface area contributed by atoms with Crippen LogP contribution in [-0.2, 0) is 23.9 Å². The van der Waals surface area contributed by atoms with Crippen molar-refractivity contribution in [2.24, 2.45) is 0 Å². The normalized spacial score (nSPS) is 9.80. The fraction of sp³-hybridized carbons (Fsp3) is 0.333. The molecule has 20 heavy (non-hydrogen) atoms. The number of hydrogen-bond donors (Lipinski definition) is 3. The molecule has 0 aromatic rings. The van der Waals surface area contributed by atoms with Crippen molar-refractivity contribution in [1.82, 2.24) is 0 Å². The Kier molecular flexibility index (Phi) is 10.1. The van der Waals surface area contributed by atoms with E-state index in [2.05, 4.69) is 11.3 Å². The number of carboxylic acids is 3. The molecule has 0 saturated heterocycles. The first-order valence-corrected chi connectivity index (χ1v) is 5.23. The van der Waals surface area contributed by atoms with Crippen molar-refractivity contribution in [3.63, 3.8) is 0 Å². The average molecular weight is 288 g/mol. The lowest BCUT2D eigenvalue weighted by Crippen LogP contribution is -2.07. The van der Waals surface area contributed by atoms with E-state index < -0.39 is 30.3 Å². The number of esters is 1. The standard InChI is InChI=1S/2C6H8O4/c1-4(3-5(7)8)6(9)10-2;1-2-4(6(9)10)3-5(7)8/h1,3H2,2H3,(H,7,8);2H,3H2,1H3,(H,7,8)(H,9,10). The van der Waals surface area contributed by atoms with Gasteiger partial charge in [-0.05, 0) is 6.92 Å². The molecule has 0 fully saturated rings. The molecule has 0 aliphatic rings. The zero-order chi connectivity index (χ0) is 16.3. The van der Waals surface area contributed by atoms with E-state index in [4.69, 9.17) is 15.3 Å². The highest BCUT2D eigenvalue weighted by Gasteiger charge is 2.10. The Bertz CT molecular complexity index is 433. The van der Waals surface area contributed by atoms with Crippen LogP contribution in [0.1, 0.15) is 19.8 Å². The maximum absolute atomic E-state index is 10.5. The van der Waals surface area contributed by atoms with E-state index in [1.807, 2.05) is 0 Å². The van der Waals surface area contributed by atoms with Crippen LogP contribution in [0, 0.1) is 0 Å². The minimum Gasteiger partial charge on any atom is -0.481 e. The summed E-state index contributed by atoms with van der Waals surface area (Å²) >= 11 is 0. The molecule has 0 saturated carbocycles. The van der Waals surface area contributed by atoms with Crippen molar-refractivity contribution in [3.05, 3.63) is 23.8 Å². The van der Waals surface area contributed by atoms with Gasteiger partial charge in [-0.2, -0.15) is 0 Å². The molecule has 0 heterocycles. The second kappa shape index (κ2) is 10.3. The number of ether oxygens (including phenoxy) is 1. The van der Waals surface area contributed by atoms with E-state index in [0.29, 0.717) is 0 Å². The predicted octanol–water partition coefficient (Wildman–Crippen LogP) is 0.682. The Hall–Kier alpha value is -2.64. The summed E-state index contributed by atoms with van der Waals surface area (Å²) in [6.07, 6.45) is 0.481. The summed E-state index contributed by atoms with van der Waals surface area (Å²) in [7, 11) is 1.18. The molecule has 0 bridgehead atoms. The van der Waals surface area contributed by atoms with Gasteiger partial charge in [-0.15, -0.1) is 0 Å². The lowest BCUT2D eigenvalue weighted by Gasteiger charge is -1.97. The highest BCUT2D eigenvalue weighted by Crippen LogP contribution is 2.00. The summed E-state index contributed by atoms with van der Waals surface area (Å²) in [6, 6.07) is 0. The average Bonchev–Trinajstić information content (AvgIpc) is 2.34. The molecule has 8 nitrogen and oxygen atoms in total. The molecular formula is C12H16O8. The van der Waals surface area contributed by atoms with Gasteiger partial charge >= 0.3 is 23.9 Å². The summed E-state index contributed by atoms with van der Waals surface area (Å²) in [4.78, 5) is 40.5. The molecule has 0 aliphatic heterocycles. The zero-order valence-electron chi connectivity index (χ0n) is 11.1. The van der Waals surface area contributed by atoms with Gasteiger partial charge in [-0.1, -0.05) is 12.7 Å². The van der Waals surface area contributed by atoms with Crippen LogP contribution in [0.3, 0.4) is 0 Å². The van der Waals surface area contributed by atoms with Crippen LogP contribution in [0.5, 0.6) is 0 Å². The minimum atomic E-state index is -1.18. The number of methoxy groups -OCH3 is 1. The molecule has 0 rings (SSSR count). The van der Waals surface area contributed by atoms with E-state index in [9.17, 15) is 19.2 Å². The highest BCUT2D eigenvalue weighted by molar-refractivity contribution is 5.92. The number of rotatable bonds is 6. The molecule has 0 radical (unpaired) electrons. The van der Waals surface area contributed by atoms with E-state index in [1.165, 1.54) is 20.1 Å². The number of carbonyl (C=O) groups excluding carboxylic acids is 1. The van der Waals surface area contributed by atoms with Gasteiger partial charge in [0.2, 0.25) is 0 Å². The molecule has 0 unspecified atom stereocenters. The molecule has 0 aliphatic carbocycles. The van der Waals surface area contributed by atoms with Crippen LogP contribution in [-0.4, -0.2) is 46.3 Å². The van der Waals surface area contributed by atoms with Gasteiger partial charge < -0.3 is 20.1 Å². The van der Waals surface area contributed by atoms with Gasteiger partial charge in [0.25, 0.3) is 0 Å². The van der Waals surface area contributed by atoms with Crippen molar-refractivity contribution in [1.29, 1.82) is 0 Å². The molecular weight excluding hydrogens is 272 g/mol. The van der Waals surface area contributed by atoms with Crippen molar-refractivity contribution in [2.75, 3.05) is 7.11 Å². The minimum absolute atomic E-state index is 0.0463. The van der Waals surface area contributed by atoms with Crippen LogP contribution < -0.4 is 0 Å². The Morgan fingerprint density at radius 3 is 1.70 bits per heavy atom. The third kappa shape index (κ3) is 10.5. The smallest absolute Gasteiger partial charge is 0.333 e. The SMILES string of the molecule is C=C(CC(=O)O)C(=O)OC.CC=C(CC(=O)O)C(=O)O. The number of hydrogen-bond acceptors (Lipinski definition) is 5. The second-order valence-corrected chi connectivity index (χ2v) is 3.36. The van der Waals surface area contributed by atoms with Crippen molar-refractivity contribution in [3.8, 4) is 0 Å². The summed E-state index contributed by atoms with van der Waals surface area (Å²) in [5.74, 6) is -4.07. The molecule has 0 aromatic heterocycles. The molecule has 0 amide bonds. The van der Waals surface area contributed by atoms with Gasteiger partial charge in [0, 0.05) is 11.1 Å². The fourth-order valence-electron chi connectivity index (χ4n) is 0.863. The number of carboxylic acid groups (broad SMARTS) is 3. The lowest BCUT2D eigenvalue weighted by molar-refractivity contribution is -0.141. The third-order valence-electron chi connectivity index (χ3n) is 1.80. The molecule has 0 atom stereocenters. The zero-order valence-corrected chi connectivity index (χ0v) is 11.1. The third-order valence-corrected chi connectivity index (χ3v) is 1.80. The van der Waals surface area contributed by atoms with Crippen LogP contribution in [0.15, 0.2) is 23.8 Å². The van der Waals surface area contributed by atoms with Gasteiger partial charge in [-0.25, -0.2) is 9.59 Å². The Morgan fingerprint density at radius 2 is 1.50 bits per heavy atom. The summed E-state index contributed by atoms with van der Waals surface area (Å²) in [5, 5.41) is 24.6. The Labute approximate surface area is 115 Å². The quantitative estimate of drug-likeness (QED) is 0.479. The van der Waals surface area contributed by atoms with E-state index in [-0.39, 0.29) is 17.6 Å². The lowest BCUT2D eigenvalue weighted by atomic mass is 10.2. The van der Waals surface area contributed by atoms with Crippen molar-refractivity contribution in [2.45, 2.75) is 19.8 Å². The summed E-state index contributed by atoms with van der Waals surface area (Å²) < 4.78 is 4.21. The molecule has 0 aromatic carbocycles. The van der Waals surface area contributed by atoms with Crippen molar-refractivity contribution < 1.29 is 39.2 Å². The van der Waals surface area contributed by atoms with E-state index in [1.54, 1.807) is 0 Å². The Balaban J connectivity index is 0. The highest BCUT2D eigenvalue weighted by atomic mass is 16.5. The summed E-state index contributed by atoms with van der Waals surface area (Å²) in [5.41, 5.74) is -0.137. The number of carbonyl (C=O) groups is 4. The first kappa shape index (κ1) is 19.7. The van der Waals surface area contributed by atoms with Gasteiger partial charge in [-0.3, -0.25) is 9.59 Å². The second-order valence-electron chi connectivity index (χ2n) is 3.36. The first-order chi connectivity index (χ1) is 9.15. The maximum atomic E-state index is 10.5. The summed E-state index contributed by atoms with van der Waals surface area (Å²) in [6.45, 7) is 4.70. The van der Waals surface area contributed by atoms with Crippen LogP contribution >= 0.6 is 0 Å². The van der Waals surface area contributed by atoms with Crippen molar-refractivity contribution >= 4 is 23.9 Å². The van der Waals surface area contributed by atoms with Gasteiger partial charge in [0.15, 0.2) is 0 Å². The monoisotopic (exact) mass is 288 g/mol. The molecule has 3 N–H and O–H groups in total. The van der Waals surface area contributed by atoms with E-state index in [0.717, 1.165) is 0 Å². The first-order valence-electron chi connectivity index (χ1n) is 5.23. The topological polar surface area (TPSA) is 138 Å². The van der Waals surface area contributed by atoms with Gasteiger partial charge in [0.05, 0.1) is 20.0 Å². The Morgan fingerprint density at radius 1 is 1.05 bits per heavy atom. The van der Waals surface area contributed by atoms with E-state index >= 15 is 0 Å². The molecule has 112 valence electrons.